The van der Waals surface area contributed by atoms with Gasteiger partial charge in [0.25, 0.3) is 0 Å². The van der Waals surface area contributed by atoms with Crippen LogP contribution in [-0.4, -0.2) is 22.8 Å². The van der Waals surface area contributed by atoms with Gasteiger partial charge in [0.2, 0.25) is 0 Å². The molecule has 68 valence electrons. The van der Waals surface area contributed by atoms with Crippen molar-refractivity contribution in [3.8, 4) is 5.75 Å². The molecule has 13 heavy (non-hydrogen) atoms. The summed E-state index contributed by atoms with van der Waals surface area (Å²) in [7, 11) is 0. The number of hydrogen-bond acceptors (Lipinski definition) is 4. The van der Waals surface area contributed by atoms with Gasteiger partial charge >= 0.3 is 0 Å². The molecule has 1 aromatic rings. The molecule has 1 aromatic carbocycles. The minimum absolute atomic E-state index is 0.00801. The highest BCUT2D eigenvalue weighted by Crippen LogP contribution is 2.22. The largest absolute Gasteiger partial charge is 0.507 e. The van der Waals surface area contributed by atoms with Gasteiger partial charge in [0.05, 0.1) is 12.2 Å². The van der Waals surface area contributed by atoms with Gasteiger partial charge in [-0.1, -0.05) is 0 Å². The van der Waals surface area contributed by atoms with Gasteiger partial charge in [0.15, 0.2) is 6.29 Å². The standard InChI is InChI=1S/C9H8O4/c10-3-6-1-7(4-11)9(13)8(2-6)5-12/h1-4,12-13H,5H2. The van der Waals surface area contributed by atoms with Crippen molar-refractivity contribution in [2.45, 2.75) is 6.61 Å². The summed E-state index contributed by atoms with van der Waals surface area (Å²) < 4.78 is 0. The number of rotatable bonds is 3. The van der Waals surface area contributed by atoms with Gasteiger partial charge in [-0.05, 0) is 12.1 Å². The smallest absolute Gasteiger partial charge is 0.153 e. The van der Waals surface area contributed by atoms with E-state index in [9.17, 15) is 14.7 Å². The van der Waals surface area contributed by atoms with Crippen LogP contribution in [0.3, 0.4) is 0 Å². The summed E-state index contributed by atoms with van der Waals surface area (Å²) in [5.74, 6) is -0.275. The molecule has 4 heteroatoms. The lowest BCUT2D eigenvalue weighted by molar-refractivity contribution is 0.112. The van der Waals surface area contributed by atoms with Crippen LogP contribution < -0.4 is 0 Å². The van der Waals surface area contributed by atoms with Crippen LogP contribution in [0, 0.1) is 0 Å². The van der Waals surface area contributed by atoms with Gasteiger partial charge < -0.3 is 10.2 Å². The van der Waals surface area contributed by atoms with Gasteiger partial charge in [-0.3, -0.25) is 9.59 Å². The SMILES string of the molecule is O=Cc1cc(C=O)c(O)c(CO)c1. The van der Waals surface area contributed by atoms with Crippen LogP contribution in [0.25, 0.3) is 0 Å². The second kappa shape index (κ2) is 3.82. The van der Waals surface area contributed by atoms with Crippen molar-refractivity contribution in [3.05, 3.63) is 28.8 Å². The fourth-order valence-corrected chi connectivity index (χ4v) is 1.02. The maximum Gasteiger partial charge on any atom is 0.153 e. The molecule has 0 radical (unpaired) electrons. The van der Waals surface area contributed by atoms with E-state index in [2.05, 4.69) is 0 Å². The Hall–Kier alpha value is -1.68. The Bertz CT molecular complexity index is 344. The van der Waals surface area contributed by atoms with E-state index in [1.54, 1.807) is 0 Å². The topological polar surface area (TPSA) is 74.6 Å². The lowest BCUT2D eigenvalue weighted by atomic mass is 10.1. The maximum absolute atomic E-state index is 10.4. The van der Waals surface area contributed by atoms with Crippen molar-refractivity contribution in [2.75, 3.05) is 0 Å². The zero-order valence-corrected chi connectivity index (χ0v) is 6.73. The summed E-state index contributed by atoms with van der Waals surface area (Å²) in [6.45, 7) is -0.408. The van der Waals surface area contributed by atoms with Gasteiger partial charge in [-0.25, -0.2) is 0 Å². The van der Waals surface area contributed by atoms with E-state index in [0.717, 1.165) is 0 Å². The van der Waals surface area contributed by atoms with Crippen LogP contribution in [0.1, 0.15) is 26.3 Å². The molecule has 0 bridgehead atoms. The molecule has 0 amide bonds. The number of carbonyl (C=O) groups is 2. The first-order chi connectivity index (χ1) is 6.22. The zero-order valence-electron chi connectivity index (χ0n) is 6.73. The highest BCUT2D eigenvalue weighted by atomic mass is 16.3. The zero-order chi connectivity index (χ0) is 9.84. The molecule has 0 aliphatic heterocycles. The summed E-state index contributed by atoms with van der Waals surface area (Å²) in [6, 6.07) is 2.59. The van der Waals surface area contributed by atoms with E-state index in [0.29, 0.717) is 12.6 Å². The lowest BCUT2D eigenvalue weighted by Crippen LogP contribution is -1.93. The third kappa shape index (κ3) is 1.73. The van der Waals surface area contributed by atoms with Gasteiger partial charge in [-0.15, -0.1) is 0 Å². The predicted octanol–water partition coefficient (Wildman–Crippen LogP) is 0.510. The molecule has 0 spiro atoms. The molecular weight excluding hydrogens is 172 g/mol. The summed E-state index contributed by atoms with van der Waals surface area (Å²) in [4.78, 5) is 20.8. The molecule has 4 nitrogen and oxygen atoms in total. The van der Waals surface area contributed by atoms with Gasteiger partial charge in [0.1, 0.15) is 12.0 Å². The van der Waals surface area contributed by atoms with Crippen LogP contribution >= 0.6 is 0 Å². The summed E-state index contributed by atoms with van der Waals surface area (Å²) in [5.41, 5.74) is 0.435. The first-order valence-corrected chi connectivity index (χ1v) is 3.60. The van der Waals surface area contributed by atoms with E-state index in [-0.39, 0.29) is 22.4 Å². The Morgan fingerprint density at radius 2 is 1.92 bits per heavy atom. The summed E-state index contributed by atoms with van der Waals surface area (Å²) in [5, 5.41) is 18.1. The van der Waals surface area contributed by atoms with Crippen molar-refractivity contribution in [3.63, 3.8) is 0 Å². The Kier molecular flexibility index (Phi) is 2.76. The molecule has 0 fully saturated rings. The average molecular weight is 180 g/mol. The molecule has 0 aromatic heterocycles. The van der Waals surface area contributed by atoms with Crippen LogP contribution in [0.4, 0.5) is 0 Å². The molecule has 0 aliphatic rings. The van der Waals surface area contributed by atoms with Crippen LogP contribution in [-0.2, 0) is 6.61 Å². The Morgan fingerprint density at radius 1 is 1.23 bits per heavy atom. The van der Waals surface area contributed by atoms with Gasteiger partial charge in [0, 0.05) is 11.1 Å². The number of carbonyl (C=O) groups excluding carboxylic acids is 2. The molecular formula is C9H8O4. The number of aliphatic hydroxyl groups excluding tert-OH is 1. The number of aldehydes is 2. The number of aromatic hydroxyl groups is 1. The summed E-state index contributed by atoms with van der Waals surface area (Å²) >= 11 is 0. The molecule has 0 heterocycles. The Balaban J connectivity index is 3.36. The predicted molar refractivity (Wildman–Crippen MR) is 44.8 cm³/mol. The number of aliphatic hydroxyl groups is 1. The number of hydrogen-bond donors (Lipinski definition) is 2. The van der Waals surface area contributed by atoms with E-state index in [1.165, 1.54) is 12.1 Å². The van der Waals surface area contributed by atoms with E-state index >= 15 is 0 Å². The number of phenols is 1. The monoisotopic (exact) mass is 180 g/mol. The normalized spacial score (nSPS) is 9.62. The highest BCUT2D eigenvalue weighted by molar-refractivity contribution is 5.85. The average Bonchev–Trinajstić information content (AvgIpc) is 2.18. The minimum atomic E-state index is -0.408. The van der Waals surface area contributed by atoms with Crippen LogP contribution in [0.2, 0.25) is 0 Å². The second-order valence-electron chi connectivity index (χ2n) is 2.51. The quantitative estimate of drug-likeness (QED) is 0.664. The number of benzene rings is 1. The van der Waals surface area contributed by atoms with Crippen molar-refractivity contribution < 1.29 is 19.8 Å². The highest BCUT2D eigenvalue weighted by Gasteiger charge is 2.07. The molecule has 2 N–H and O–H groups in total. The first-order valence-electron chi connectivity index (χ1n) is 3.60. The first kappa shape index (κ1) is 9.41. The molecule has 0 unspecified atom stereocenters. The summed E-state index contributed by atoms with van der Waals surface area (Å²) in [6.07, 6.45) is 0.979. The fourth-order valence-electron chi connectivity index (χ4n) is 1.02. The molecule has 1 rings (SSSR count). The lowest BCUT2D eigenvalue weighted by Gasteiger charge is -2.04. The second-order valence-corrected chi connectivity index (χ2v) is 2.51. The van der Waals surface area contributed by atoms with E-state index in [1.807, 2.05) is 0 Å². The molecule has 0 saturated carbocycles. The third-order valence-electron chi connectivity index (χ3n) is 1.67. The van der Waals surface area contributed by atoms with E-state index < -0.39 is 6.61 Å². The van der Waals surface area contributed by atoms with Crippen molar-refractivity contribution in [1.82, 2.24) is 0 Å². The maximum atomic E-state index is 10.4. The Morgan fingerprint density at radius 3 is 2.38 bits per heavy atom. The third-order valence-corrected chi connectivity index (χ3v) is 1.67. The van der Waals surface area contributed by atoms with Crippen molar-refractivity contribution in [2.24, 2.45) is 0 Å². The minimum Gasteiger partial charge on any atom is -0.507 e. The van der Waals surface area contributed by atoms with Gasteiger partial charge in [-0.2, -0.15) is 0 Å². The molecule has 0 atom stereocenters. The van der Waals surface area contributed by atoms with Crippen LogP contribution in [0.15, 0.2) is 12.1 Å². The molecule has 0 aliphatic carbocycles. The fraction of sp³-hybridized carbons (Fsp3) is 0.111. The Labute approximate surface area is 74.4 Å². The van der Waals surface area contributed by atoms with E-state index in [4.69, 9.17) is 5.11 Å². The van der Waals surface area contributed by atoms with Crippen LogP contribution in [0.5, 0.6) is 5.75 Å². The van der Waals surface area contributed by atoms with Crippen molar-refractivity contribution >= 4 is 12.6 Å². The van der Waals surface area contributed by atoms with Crippen molar-refractivity contribution in [1.29, 1.82) is 0 Å². The molecule has 0 saturated heterocycles.